The Morgan fingerprint density at radius 1 is 0.923 bits per heavy atom. The molecule has 136 valence electrons. The monoisotopic (exact) mass is 355 g/mol. The van der Waals surface area contributed by atoms with Gasteiger partial charge in [-0.05, 0) is 19.3 Å². The number of hydrogen-bond donors (Lipinski definition) is 3. The molecule has 3 rings (SSSR count). The van der Waals surface area contributed by atoms with Crippen LogP contribution in [0.1, 0.15) is 57.5 Å². The van der Waals surface area contributed by atoms with Crippen molar-refractivity contribution in [1.82, 2.24) is 0 Å². The van der Waals surface area contributed by atoms with Gasteiger partial charge in [-0.2, -0.15) is 0 Å². The van der Waals surface area contributed by atoms with Crippen LogP contribution in [0.25, 0.3) is 0 Å². The van der Waals surface area contributed by atoms with Gasteiger partial charge in [0.1, 0.15) is 11.5 Å². The third kappa shape index (κ3) is 3.15. The second kappa shape index (κ2) is 7.58. The predicted octanol–water partition coefficient (Wildman–Crippen LogP) is 2.68. The number of ether oxygens (including phenoxy) is 1. The second-order valence-electron chi connectivity index (χ2n) is 6.25. The van der Waals surface area contributed by atoms with E-state index in [2.05, 4.69) is 0 Å². The highest BCUT2D eigenvalue weighted by Gasteiger charge is 2.35. The van der Waals surface area contributed by atoms with Gasteiger partial charge in [-0.15, -0.1) is 0 Å². The maximum Gasteiger partial charge on any atom is 0.198 e. The van der Waals surface area contributed by atoms with E-state index in [1.807, 2.05) is 0 Å². The first kappa shape index (κ1) is 17.9. The Kier molecular flexibility index (Phi) is 5.23. The lowest BCUT2D eigenvalue weighted by molar-refractivity contribution is 0.0977. The molecule has 0 aromatic heterocycles. The molecule has 0 heterocycles. The van der Waals surface area contributed by atoms with Crippen molar-refractivity contribution in [2.45, 2.75) is 25.7 Å². The third-order valence-electron chi connectivity index (χ3n) is 4.49. The summed E-state index contributed by atoms with van der Waals surface area (Å²) in [6, 6.07) is 7.77. The van der Waals surface area contributed by atoms with E-state index >= 15 is 0 Å². The average molecular weight is 355 g/mol. The first-order chi connectivity index (χ1) is 12.6. The average Bonchev–Trinajstić information content (AvgIpc) is 2.65. The summed E-state index contributed by atoms with van der Waals surface area (Å²) in [5.74, 6) is -0.923. The number of carbonyl (C=O) groups excluding carboxylic acids is 2. The van der Waals surface area contributed by atoms with Crippen LogP contribution in [-0.4, -0.2) is 35.0 Å². The van der Waals surface area contributed by atoms with Crippen LogP contribution < -0.4 is 10.5 Å². The number of aliphatic hydroxyl groups excluding tert-OH is 1. The summed E-state index contributed by atoms with van der Waals surface area (Å²) < 4.78 is 5.62. The zero-order valence-electron chi connectivity index (χ0n) is 14.3. The van der Waals surface area contributed by atoms with E-state index in [1.165, 1.54) is 6.07 Å². The molecule has 2 aromatic rings. The minimum absolute atomic E-state index is 0.00369. The van der Waals surface area contributed by atoms with Gasteiger partial charge in [0.15, 0.2) is 11.6 Å². The highest BCUT2D eigenvalue weighted by atomic mass is 16.5. The zero-order chi connectivity index (χ0) is 18.7. The SMILES string of the molecule is Nc1c(OCCCCCCO)cc(O)c2c1C(=O)c1ccccc1C2=O. The van der Waals surface area contributed by atoms with Crippen molar-refractivity contribution in [3.05, 3.63) is 52.6 Å². The molecule has 2 aromatic carbocycles. The van der Waals surface area contributed by atoms with Gasteiger partial charge in [0, 0.05) is 23.8 Å². The number of carbonyl (C=O) groups is 2. The summed E-state index contributed by atoms with van der Waals surface area (Å²) in [6.07, 6.45) is 3.29. The van der Waals surface area contributed by atoms with Gasteiger partial charge < -0.3 is 20.7 Å². The molecule has 0 amide bonds. The maximum atomic E-state index is 12.8. The highest BCUT2D eigenvalue weighted by Crippen LogP contribution is 2.41. The van der Waals surface area contributed by atoms with Crippen LogP contribution in [0.4, 0.5) is 5.69 Å². The lowest BCUT2D eigenvalue weighted by Gasteiger charge is -2.21. The van der Waals surface area contributed by atoms with E-state index < -0.39 is 11.6 Å². The number of fused-ring (bicyclic) bond motifs is 2. The predicted molar refractivity (Wildman–Crippen MR) is 96.9 cm³/mol. The Bertz CT molecular complexity index is 860. The number of hydrogen-bond acceptors (Lipinski definition) is 6. The van der Waals surface area contributed by atoms with Crippen LogP contribution in [-0.2, 0) is 0 Å². The molecule has 6 heteroatoms. The quantitative estimate of drug-likeness (QED) is 0.341. The maximum absolute atomic E-state index is 12.8. The van der Waals surface area contributed by atoms with E-state index in [0.29, 0.717) is 6.61 Å². The van der Waals surface area contributed by atoms with Crippen molar-refractivity contribution in [2.24, 2.45) is 0 Å². The minimum Gasteiger partial charge on any atom is -0.507 e. The van der Waals surface area contributed by atoms with E-state index in [9.17, 15) is 14.7 Å². The van der Waals surface area contributed by atoms with Crippen molar-refractivity contribution in [1.29, 1.82) is 0 Å². The smallest absolute Gasteiger partial charge is 0.198 e. The standard InChI is InChI=1S/C20H21NO5/c21-18-15(26-10-6-2-1-5-9-22)11-14(23)16-17(18)20(25)13-8-4-3-7-12(13)19(16)24/h3-4,7-8,11,22-23H,1-2,5-6,9-10,21H2. The molecular weight excluding hydrogens is 334 g/mol. The fourth-order valence-electron chi connectivity index (χ4n) is 3.14. The third-order valence-corrected chi connectivity index (χ3v) is 4.49. The molecule has 6 nitrogen and oxygen atoms in total. The normalized spacial score (nSPS) is 12.7. The van der Waals surface area contributed by atoms with E-state index in [0.717, 1.165) is 25.7 Å². The number of phenols is 1. The van der Waals surface area contributed by atoms with Crippen molar-refractivity contribution in [3.8, 4) is 11.5 Å². The van der Waals surface area contributed by atoms with Crippen LogP contribution in [0.2, 0.25) is 0 Å². The number of nitrogen functional groups attached to an aromatic ring is 1. The number of aliphatic hydroxyl groups is 1. The van der Waals surface area contributed by atoms with Gasteiger partial charge in [-0.3, -0.25) is 9.59 Å². The summed E-state index contributed by atoms with van der Waals surface area (Å²) in [5.41, 5.74) is 6.65. The second-order valence-corrected chi connectivity index (χ2v) is 6.25. The molecule has 0 aliphatic heterocycles. The van der Waals surface area contributed by atoms with Gasteiger partial charge in [0.05, 0.1) is 23.4 Å². The Balaban J connectivity index is 1.87. The molecule has 4 N–H and O–H groups in total. The van der Waals surface area contributed by atoms with Crippen molar-refractivity contribution in [3.63, 3.8) is 0 Å². The summed E-state index contributed by atoms with van der Waals surface area (Å²) >= 11 is 0. The molecule has 0 saturated heterocycles. The van der Waals surface area contributed by atoms with E-state index in [-0.39, 0.29) is 46.0 Å². The molecule has 1 aliphatic carbocycles. The topological polar surface area (TPSA) is 110 Å². The van der Waals surface area contributed by atoms with Crippen LogP contribution in [0.3, 0.4) is 0 Å². The van der Waals surface area contributed by atoms with Crippen molar-refractivity contribution >= 4 is 17.3 Å². The van der Waals surface area contributed by atoms with Gasteiger partial charge in [0.2, 0.25) is 0 Å². The summed E-state index contributed by atoms with van der Waals surface area (Å²) in [7, 11) is 0. The number of nitrogens with two attached hydrogens (primary N) is 1. The van der Waals surface area contributed by atoms with E-state index in [1.54, 1.807) is 24.3 Å². The molecular formula is C20H21NO5. The summed E-state index contributed by atoms with van der Waals surface area (Å²) in [4.78, 5) is 25.5. The molecule has 0 unspecified atom stereocenters. The van der Waals surface area contributed by atoms with Crippen molar-refractivity contribution < 1.29 is 24.5 Å². The van der Waals surface area contributed by atoms with Gasteiger partial charge >= 0.3 is 0 Å². The molecule has 0 fully saturated rings. The van der Waals surface area contributed by atoms with Gasteiger partial charge in [-0.25, -0.2) is 0 Å². The fourth-order valence-corrected chi connectivity index (χ4v) is 3.14. The van der Waals surface area contributed by atoms with Crippen molar-refractivity contribution in [2.75, 3.05) is 18.9 Å². The minimum atomic E-state index is -0.421. The molecule has 0 saturated carbocycles. The Morgan fingerprint density at radius 3 is 2.19 bits per heavy atom. The van der Waals surface area contributed by atoms with Gasteiger partial charge in [0.25, 0.3) is 0 Å². The number of ketones is 2. The Labute approximate surface area is 151 Å². The number of anilines is 1. The molecule has 0 radical (unpaired) electrons. The summed E-state index contributed by atoms with van der Waals surface area (Å²) in [6.45, 7) is 0.538. The van der Waals surface area contributed by atoms with E-state index in [4.69, 9.17) is 15.6 Å². The van der Waals surface area contributed by atoms with Gasteiger partial charge in [-0.1, -0.05) is 30.7 Å². The zero-order valence-corrected chi connectivity index (χ0v) is 14.3. The Hall–Kier alpha value is -2.86. The number of unbranched alkanes of at least 4 members (excludes halogenated alkanes) is 3. The summed E-state index contributed by atoms with van der Waals surface area (Å²) in [5, 5.41) is 19.1. The molecule has 0 spiro atoms. The number of benzene rings is 2. The fraction of sp³-hybridized carbons (Fsp3) is 0.300. The van der Waals surface area contributed by atoms with Crippen LogP contribution >= 0.6 is 0 Å². The number of aromatic hydroxyl groups is 1. The lowest BCUT2D eigenvalue weighted by Crippen LogP contribution is -2.23. The van der Waals surface area contributed by atoms with Crippen LogP contribution in [0, 0.1) is 0 Å². The lowest BCUT2D eigenvalue weighted by atomic mass is 9.82. The highest BCUT2D eigenvalue weighted by molar-refractivity contribution is 6.31. The molecule has 0 atom stereocenters. The number of rotatable bonds is 7. The first-order valence-corrected chi connectivity index (χ1v) is 8.63. The number of phenolic OH excluding ortho intramolecular Hbond substituents is 1. The molecule has 0 bridgehead atoms. The Morgan fingerprint density at radius 2 is 1.54 bits per heavy atom. The first-order valence-electron chi connectivity index (χ1n) is 8.63. The molecule has 1 aliphatic rings. The van der Waals surface area contributed by atoms with Crippen LogP contribution in [0.5, 0.6) is 11.5 Å². The molecule has 26 heavy (non-hydrogen) atoms. The largest absolute Gasteiger partial charge is 0.507 e. The van der Waals surface area contributed by atoms with Crippen LogP contribution in [0.15, 0.2) is 30.3 Å².